The molecule has 3 aromatic rings. The molecule has 2 aliphatic rings. The van der Waals surface area contributed by atoms with Crippen LogP contribution < -0.4 is 16.1 Å². The molecule has 5 rings (SSSR count). The Bertz CT molecular complexity index is 1630. The van der Waals surface area contributed by atoms with Gasteiger partial charge in [0, 0.05) is 12.5 Å². The van der Waals surface area contributed by atoms with Gasteiger partial charge in [-0.05, 0) is 80.2 Å². The van der Waals surface area contributed by atoms with Crippen molar-refractivity contribution in [2.24, 2.45) is 16.9 Å². The number of ether oxygens (including phenoxy) is 2. The maximum atomic E-state index is 13.4. The van der Waals surface area contributed by atoms with Gasteiger partial charge in [-0.25, -0.2) is 15.0 Å². The number of urea groups is 1. The minimum absolute atomic E-state index is 0.0753. The molecule has 1 saturated carbocycles. The van der Waals surface area contributed by atoms with Crippen LogP contribution in [0.4, 0.5) is 9.59 Å². The van der Waals surface area contributed by atoms with Gasteiger partial charge in [-0.15, -0.1) is 0 Å². The molecular formula is C38H44N4O7. The summed E-state index contributed by atoms with van der Waals surface area (Å²) in [4.78, 5) is 50.7. The minimum atomic E-state index is -1.01. The second kappa shape index (κ2) is 15.8. The van der Waals surface area contributed by atoms with E-state index < -0.39 is 35.7 Å². The van der Waals surface area contributed by atoms with E-state index >= 15 is 0 Å². The lowest BCUT2D eigenvalue weighted by Crippen LogP contribution is -2.45. The summed E-state index contributed by atoms with van der Waals surface area (Å²) in [6.07, 6.45) is 1.54. The number of nitrogens with zero attached hydrogens (tertiary/aromatic N) is 1. The summed E-state index contributed by atoms with van der Waals surface area (Å²) >= 11 is 0. The Balaban J connectivity index is 1.30. The summed E-state index contributed by atoms with van der Waals surface area (Å²) < 4.78 is 11.4. The summed E-state index contributed by atoms with van der Waals surface area (Å²) in [6, 6.07) is 23.4. The molecule has 11 nitrogen and oxygen atoms in total. The quantitative estimate of drug-likeness (QED) is 0.107. The summed E-state index contributed by atoms with van der Waals surface area (Å²) in [5.74, 6) is -1.68. The van der Waals surface area contributed by atoms with Crippen molar-refractivity contribution in [3.05, 3.63) is 95.6 Å². The topological polar surface area (TPSA) is 155 Å². The van der Waals surface area contributed by atoms with Gasteiger partial charge in [0.05, 0.1) is 24.1 Å². The number of hydrogen-bond donors (Lipinski definition) is 4. The number of esters is 1. The fourth-order valence-electron chi connectivity index (χ4n) is 6.50. The molecule has 0 spiro atoms. The minimum Gasteiger partial charge on any atom is -0.481 e. The first-order chi connectivity index (χ1) is 23.5. The van der Waals surface area contributed by atoms with E-state index in [1.54, 1.807) is 45.0 Å². The Morgan fingerprint density at radius 1 is 0.857 bits per heavy atom. The Hall–Kier alpha value is -5.19. The van der Waals surface area contributed by atoms with Crippen LogP contribution in [0.15, 0.2) is 84.0 Å². The number of carbonyl (C=O) groups is 4. The van der Waals surface area contributed by atoms with Crippen molar-refractivity contribution in [1.82, 2.24) is 16.1 Å². The van der Waals surface area contributed by atoms with Gasteiger partial charge >= 0.3 is 24.1 Å². The maximum absolute atomic E-state index is 13.4. The number of fused-ring (bicyclic) bond motifs is 3. The fraction of sp³-hybridized carbons (Fsp3) is 0.395. The number of carbonyl (C=O) groups excluding carboxylic acids is 3. The first-order valence-corrected chi connectivity index (χ1v) is 16.7. The molecule has 0 aromatic heterocycles. The number of carboxylic acids is 1. The number of hydrazone groups is 1. The Morgan fingerprint density at radius 3 is 2.04 bits per heavy atom. The normalized spacial score (nSPS) is 18.0. The molecule has 1 atom stereocenters. The molecule has 1 fully saturated rings. The van der Waals surface area contributed by atoms with Crippen molar-refractivity contribution >= 4 is 29.8 Å². The molecule has 3 aromatic carbocycles. The Labute approximate surface area is 286 Å². The highest BCUT2D eigenvalue weighted by molar-refractivity contribution is 6.07. The Kier molecular flexibility index (Phi) is 11.3. The summed E-state index contributed by atoms with van der Waals surface area (Å²) in [7, 11) is 0. The zero-order valence-electron chi connectivity index (χ0n) is 28.1. The average Bonchev–Trinajstić information content (AvgIpc) is 3.39. The number of amides is 3. The summed E-state index contributed by atoms with van der Waals surface area (Å²) in [6.45, 7) is 5.71. The lowest BCUT2D eigenvalue weighted by Gasteiger charge is -2.26. The first-order valence-electron chi connectivity index (χ1n) is 16.7. The van der Waals surface area contributed by atoms with Gasteiger partial charge in [0.2, 0.25) is 0 Å². The molecule has 0 radical (unpaired) electrons. The third-order valence-electron chi connectivity index (χ3n) is 8.85. The van der Waals surface area contributed by atoms with Gasteiger partial charge in [-0.2, -0.15) is 5.10 Å². The van der Waals surface area contributed by atoms with Crippen LogP contribution in [0, 0.1) is 11.8 Å². The second-order valence-corrected chi connectivity index (χ2v) is 13.6. The molecule has 0 unspecified atom stereocenters. The number of rotatable bonds is 11. The second-order valence-electron chi connectivity index (χ2n) is 13.6. The maximum Gasteiger partial charge on any atom is 0.407 e. The monoisotopic (exact) mass is 668 g/mol. The molecule has 2 aliphatic carbocycles. The van der Waals surface area contributed by atoms with Crippen LogP contribution in [0.3, 0.4) is 0 Å². The van der Waals surface area contributed by atoms with E-state index in [0.717, 1.165) is 22.3 Å². The molecule has 4 N–H and O–H groups in total. The SMILES string of the molecule is CC(C)(C)OC(=O)C[C@H](NC(=O)OCC1c2ccccc2-c2ccccc21)/C(=N/NC(=O)NCC1CCC(C(=O)O)CC1)c1ccccc1. The van der Waals surface area contributed by atoms with E-state index in [2.05, 4.69) is 33.3 Å². The predicted molar refractivity (Wildman–Crippen MR) is 185 cm³/mol. The van der Waals surface area contributed by atoms with Crippen LogP contribution in [0.5, 0.6) is 0 Å². The highest BCUT2D eigenvalue weighted by Crippen LogP contribution is 2.44. The summed E-state index contributed by atoms with van der Waals surface area (Å²) in [5, 5.41) is 19.3. The third-order valence-corrected chi connectivity index (χ3v) is 8.85. The first kappa shape index (κ1) is 35.1. The third kappa shape index (κ3) is 9.46. The largest absolute Gasteiger partial charge is 0.481 e. The average molecular weight is 669 g/mol. The smallest absolute Gasteiger partial charge is 0.407 e. The molecule has 0 saturated heterocycles. The van der Waals surface area contributed by atoms with Gasteiger partial charge in [0.15, 0.2) is 0 Å². The molecule has 258 valence electrons. The van der Waals surface area contributed by atoms with Crippen LogP contribution in [0.2, 0.25) is 0 Å². The van der Waals surface area contributed by atoms with Crippen molar-refractivity contribution in [2.45, 2.75) is 70.4 Å². The van der Waals surface area contributed by atoms with Crippen LogP contribution in [0.1, 0.15) is 75.5 Å². The van der Waals surface area contributed by atoms with E-state index in [9.17, 15) is 24.3 Å². The Morgan fingerprint density at radius 2 is 1.45 bits per heavy atom. The number of benzene rings is 3. The van der Waals surface area contributed by atoms with E-state index in [0.29, 0.717) is 37.8 Å². The summed E-state index contributed by atoms with van der Waals surface area (Å²) in [5.41, 5.74) is 6.90. The molecule has 0 aliphatic heterocycles. The molecule has 0 bridgehead atoms. The number of aliphatic carboxylic acids is 1. The van der Waals surface area contributed by atoms with Crippen LogP contribution >= 0.6 is 0 Å². The van der Waals surface area contributed by atoms with Crippen LogP contribution in [-0.2, 0) is 19.1 Å². The molecule has 11 heteroatoms. The molecule has 49 heavy (non-hydrogen) atoms. The van der Waals surface area contributed by atoms with Gasteiger partial charge in [-0.1, -0.05) is 78.9 Å². The van der Waals surface area contributed by atoms with E-state index in [1.807, 2.05) is 42.5 Å². The van der Waals surface area contributed by atoms with E-state index in [1.165, 1.54) is 0 Å². The van der Waals surface area contributed by atoms with Crippen molar-refractivity contribution in [1.29, 1.82) is 0 Å². The zero-order chi connectivity index (χ0) is 35.0. The highest BCUT2D eigenvalue weighted by atomic mass is 16.6. The molecule has 0 heterocycles. The number of hydrogen-bond acceptors (Lipinski definition) is 7. The standard InChI is InChI=1S/C38H44N4O7/c1-38(2,3)49-33(43)21-32(40-37(47)48-23-31-29-15-9-7-13-27(29)28-14-8-10-16-30(28)31)34(25-11-5-4-6-12-25)41-42-36(46)39-22-24-17-19-26(20-18-24)35(44)45/h4-16,24,26,31-32H,17-23H2,1-3H3,(H,40,47)(H,44,45)(H2,39,42,46)/b41-34+/t24?,26?,32-/m0/s1. The predicted octanol–water partition coefficient (Wildman–Crippen LogP) is 6.22. The van der Waals surface area contributed by atoms with Gasteiger partial charge in [0.25, 0.3) is 0 Å². The zero-order valence-corrected chi connectivity index (χ0v) is 28.1. The number of carboxylic acid groups (broad SMARTS) is 1. The molecule has 3 amide bonds. The van der Waals surface area contributed by atoms with Gasteiger partial charge < -0.3 is 25.2 Å². The van der Waals surface area contributed by atoms with Crippen molar-refractivity contribution in [3.8, 4) is 11.1 Å². The van der Waals surface area contributed by atoms with E-state index in [4.69, 9.17) is 9.47 Å². The van der Waals surface area contributed by atoms with Crippen LogP contribution in [-0.4, -0.2) is 59.7 Å². The van der Waals surface area contributed by atoms with Crippen molar-refractivity contribution in [2.75, 3.05) is 13.2 Å². The van der Waals surface area contributed by atoms with E-state index in [-0.39, 0.29) is 36.5 Å². The number of nitrogens with one attached hydrogen (secondary N) is 3. The van der Waals surface area contributed by atoms with Crippen molar-refractivity contribution in [3.63, 3.8) is 0 Å². The lowest BCUT2D eigenvalue weighted by atomic mass is 9.82. The van der Waals surface area contributed by atoms with Gasteiger partial charge in [-0.3, -0.25) is 9.59 Å². The van der Waals surface area contributed by atoms with Crippen LogP contribution in [0.25, 0.3) is 11.1 Å². The molecular weight excluding hydrogens is 624 g/mol. The fourth-order valence-corrected chi connectivity index (χ4v) is 6.50. The van der Waals surface area contributed by atoms with Crippen molar-refractivity contribution < 1.29 is 33.8 Å². The lowest BCUT2D eigenvalue weighted by molar-refractivity contribution is -0.155. The highest BCUT2D eigenvalue weighted by Gasteiger charge is 2.31. The van der Waals surface area contributed by atoms with Gasteiger partial charge in [0.1, 0.15) is 12.2 Å². The number of alkyl carbamates (subject to hydrolysis) is 1.